The summed E-state index contributed by atoms with van der Waals surface area (Å²) in [5.74, 6) is 0.830. The molecule has 0 fully saturated rings. The van der Waals surface area contributed by atoms with Crippen molar-refractivity contribution in [3.8, 4) is 12.8 Å². The van der Waals surface area contributed by atoms with E-state index in [2.05, 4.69) is 60.4 Å². The molecule has 0 radical (unpaired) electrons. The van der Waals surface area contributed by atoms with E-state index in [-0.39, 0.29) is 5.62 Å². The molecule has 0 amide bonds. The van der Waals surface area contributed by atoms with Gasteiger partial charge in [0.25, 0.3) is 0 Å². The van der Waals surface area contributed by atoms with E-state index in [1.807, 2.05) is 26.8 Å². The molecule has 1 heterocycles. The van der Waals surface area contributed by atoms with Crippen molar-refractivity contribution in [3.63, 3.8) is 0 Å². The van der Waals surface area contributed by atoms with E-state index >= 15 is 0 Å². The Kier molecular flexibility index (Phi) is 22.5. The van der Waals surface area contributed by atoms with Gasteiger partial charge in [-0.3, -0.25) is 0 Å². The summed E-state index contributed by atoms with van der Waals surface area (Å²) < 4.78 is 36.3. The molecule has 1 aliphatic rings. The van der Waals surface area contributed by atoms with Gasteiger partial charge in [0.2, 0.25) is 0 Å². The number of hydrogen-bond donors (Lipinski definition) is 3. The van der Waals surface area contributed by atoms with Crippen LogP contribution in [0.3, 0.4) is 0 Å². The zero-order chi connectivity index (χ0) is 30.3. The Labute approximate surface area is 240 Å². The average molecular weight is 569 g/mol. The standard InChI is InChI=1S/C18H31ClN4.C9H9F3.C2H6.C2H2/c1-5-8-10-12-14-23(13-11-9-6-2)15(4)16-17(20-7-3)22-18(19)21-16;1-2-7-4-3-5-8(6-7)9(10,11)12;2*1-2/h5,7,18,20-22H,1,3-4,6,8-14H2,2H3;3-6H,2H2,1H3;1-2H3;1-2H. The predicted molar refractivity (Wildman–Crippen MR) is 163 cm³/mol. The Morgan fingerprint density at radius 3 is 2.21 bits per heavy atom. The second-order valence-corrected chi connectivity index (χ2v) is 8.66. The largest absolute Gasteiger partial charge is 0.416 e. The van der Waals surface area contributed by atoms with Crippen molar-refractivity contribution in [1.29, 1.82) is 0 Å². The lowest BCUT2D eigenvalue weighted by molar-refractivity contribution is -0.137. The van der Waals surface area contributed by atoms with Crippen LogP contribution in [0.5, 0.6) is 0 Å². The first-order valence-corrected chi connectivity index (χ1v) is 13.9. The molecule has 0 saturated heterocycles. The SMILES string of the molecule is C#C.C=CCCCCN(CCCCC)C(=C)C1=C(NC=C)NC(Cl)N1.CC.CCc1cccc(C(F)(F)F)c1. The van der Waals surface area contributed by atoms with E-state index in [0.717, 1.165) is 55.6 Å². The first-order chi connectivity index (χ1) is 18.7. The summed E-state index contributed by atoms with van der Waals surface area (Å²) in [7, 11) is 0. The fourth-order valence-corrected chi connectivity index (χ4v) is 3.75. The van der Waals surface area contributed by atoms with E-state index in [1.165, 1.54) is 31.4 Å². The van der Waals surface area contributed by atoms with Gasteiger partial charge in [-0.05, 0) is 49.9 Å². The highest BCUT2D eigenvalue weighted by Gasteiger charge is 2.30. The van der Waals surface area contributed by atoms with Crippen LogP contribution >= 0.6 is 11.6 Å². The summed E-state index contributed by atoms with van der Waals surface area (Å²) >= 11 is 6.15. The summed E-state index contributed by atoms with van der Waals surface area (Å²) in [5, 5.41) is 9.45. The normalized spacial score (nSPS) is 13.5. The van der Waals surface area contributed by atoms with Crippen molar-refractivity contribution in [1.82, 2.24) is 20.9 Å². The van der Waals surface area contributed by atoms with Crippen LogP contribution in [0.2, 0.25) is 0 Å². The maximum absolute atomic E-state index is 12.1. The van der Waals surface area contributed by atoms with Crippen molar-refractivity contribution < 1.29 is 13.2 Å². The molecule has 220 valence electrons. The quantitative estimate of drug-likeness (QED) is 0.0691. The molecule has 0 aliphatic carbocycles. The minimum Gasteiger partial charge on any atom is -0.370 e. The molecule has 0 spiro atoms. The van der Waals surface area contributed by atoms with Crippen LogP contribution < -0.4 is 16.0 Å². The number of allylic oxidation sites excluding steroid dienone is 1. The Hall–Kier alpha value is -2.98. The van der Waals surface area contributed by atoms with Crippen LogP contribution in [-0.2, 0) is 12.6 Å². The number of terminal acetylenes is 1. The number of hydrogen-bond acceptors (Lipinski definition) is 4. The molecule has 0 saturated carbocycles. The maximum atomic E-state index is 12.1. The highest BCUT2D eigenvalue weighted by molar-refractivity contribution is 6.20. The highest BCUT2D eigenvalue weighted by atomic mass is 35.5. The van der Waals surface area contributed by atoms with Crippen LogP contribution in [-0.4, -0.2) is 23.6 Å². The molecule has 1 aromatic rings. The minimum atomic E-state index is -4.22. The smallest absolute Gasteiger partial charge is 0.370 e. The number of aryl methyl sites for hydroxylation is 1. The van der Waals surface area contributed by atoms with Crippen LogP contribution in [0.15, 0.2) is 73.5 Å². The van der Waals surface area contributed by atoms with Gasteiger partial charge in [0.15, 0.2) is 5.62 Å². The van der Waals surface area contributed by atoms with Gasteiger partial charge >= 0.3 is 6.18 Å². The van der Waals surface area contributed by atoms with Crippen molar-refractivity contribution in [2.75, 3.05) is 13.1 Å². The molecule has 1 unspecified atom stereocenters. The van der Waals surface area contributed by atoms with Gasteiger partial charge < -0.3 is 20.9 Å². The maximum Gasteiger partial charge on any atom is 0.416 e. The number of rotatable bonds is 14. The van der Waals surface area contributed by atoms with E-state index in [4.69, 9.17) is 11.6 Å². The first-order valence-electron chi connectivity index (χ1n) is 13.5. The third kappa shape index (κ3) is 15.9. The van der Waals surface area contributed by atoms with E-state index < -0.39 is 11.7 Å². The lowest BCUT2D eigenvalue weighted by Crippen LogP contribution is -2.31. The van der Waals surface area contributed by atoms with E-state index in [0.29, 0.717) is 12.0 Å². The molecule has 0 aromatic heterocycles. The van der Waals surface area contributed by atoms with Gasteiger partial charge in [0.1, 0.15) is 11.5 Å². The molecular formula is C31H48ClF3N4. The molecule has 2 rings (SSSR count). The molecule has 3 N–H and O–H groups in total. The van der Waals surface area contributed by atoms with Crippen LogP contribution in [0.4, 0.5) is 13.2 Å². The average Bonchev–Trinajstić information content (AvgIpc) is 3.32. The second-order valence-electron chi connectivity index (χ2n) is 8.23. The van der Waals surface area contributed by atoms with Gasteiger partial charge in [0, 0.05) is 13.1 Å². The Morgan fingerprint density at radius 2 is 1.69 bits per heavy atom. The highest BCUT2D eigenvalue weighted by Crippen LogP contribution is 2.29. The van der Waals surface area contributed by atoms with Crippen LogP contribution in [0, 0.1) is 12.8 Å². The van der Waals surface area contributed by atoms with Crippen LogP contribution in [0.25, 0.3) is 0 Å². The van der Waals surface area contributed by atoms with E-state index in [1.54, 1.807) is 12.3 Å². The number of nitrogens with one attached hydrogen (secondary N) is 3. The molecule has 1 atom stereocenters. The molecule has 8 heteroatoms. The number of alkyl halides is 4. The summed E-state index contributed by atoms with van der Waals surface area (Å²) in [6.07, 6.45) is 15.0. The number of halogens is 4. The summed E-state index contributed by atoms with van der Waals surface area (Å²) in [6.45, 7) is 21.8. The van der Waals surface area contributed by atoms with Crippen molar-refractivity contribution in [2.45, 2.75) is 84.4 Å². The third-order valence-electron chi connectivity index (χ3n) is 5.49. The summed E-state index contributed by atoms with van der Waals surface area (Å²) in [5.41, 5.74) is 1.71. The fraction of sp³-hybridized carbons (Fsp3) is 0.484. The minimum absolute atomic E-state index is 0.331. The molecular weight excluding hydrogens is 521 g/mol. The molecule has 1 aliphatic heterocycles. The number of nitrogens with zero attached hydrogens (tertiary/aromatic N) is 1. The van der Waals surface area contributed by atoms with Crippen molar-refractivity contribution in [3.05, 3.63) is 84.6 Å². The zero-order valence-electron chi connectivity index (χ0n) is 24.1. The zero-order valence-corrected chi connectivity index (χ0v) is 24.9. The van der Waals surface area contributed by atoms with Gasteiger partial charge in [0.05, 0.1) is 11.3 Å². The van der Waals surface area contributed by atoms with Gasteiger partial charge in [-0.1, -0.05) is 89.6 Å². The summed E-state index contributed by atoms with van der Waals surface area (Å²) in [6, 6.07) is 5.38. The molecule has 4 nitrogen and oxygen atoms in total. The Morgan fingerprint density at radius 1 is 1.08 bits per heavy atom. The Bertz CT molecular complexity index is 878. The molecule has 39 heavy (non-hydrogen) atoms. The van der Waals surface area contributed by atoms with Gasteiger partial charge in [-0.25, -0.2) is 0 Å². The topological polar surface area (TPSA) is 39.3 Å². The molecule has 1 aromatic carbocycles. The fourth-order valence-electron chi connectivity index (χ4n) is 3.53. The Balaban J connectivity index is 0. The monoisotopic (exact) mass is 568 g/mol. The van der Waals surface area contributed by atoms with Gasteiger partial charge in [-0.15, -0.1) is 19.4 Å². The predicted octanol–water partition coefficient (Wildman–Crippen LogP) is 8.51. The van der Waals surface area contributed by atoms with Crippen molar-refractivity contribution >= 4 is 11.6 Å². The van der Waals surface area contributed by atoms with E-state index in [9.17, 15) is 13.2 Å². The lowest BCUT2D eigenvalue weighted by atomic mass is 10.1. The number of benzene rings is 1. The van der Waals surface area contributed by atoms with Gasteiger partial charge in [-0.2, -0.15) is 13.2 Å². The lowest BCUT2D eigenvalue weighted by Gasteiger charge is -2.28. The summed E-state index contributed by atoms with van der Waals surface area (Å²) in [4.78, 5) is 2.35. The first kappa shape index (κ1) is 38.2. The number of unbranched alkanes of at least 4 members (excludes halogenated alkanes) is 4. The molecule has 0 bridgehead atoms. The third-order valence-corrected chi connectivity index (χ3v) is 5.71. The van der Waals surface area contributed by atoms with Crippen LogP contribution in [0.1, 0.15) is 77.3 Å². The van der Waals surface area contributed by atoms with Crippen molar-refractivity contribution in [2.24, 2.45) is 0 Å². The second kappa shape index (κ2) is 23.0.